The number of hydrogen-bond acceptors (Lipinski definition) is 5. The first-order valence-electron chi connectivity index (χ1n) is 8.07. The molecule has 0 spiro atoms. The summed E-state index contributed by atoms with van der Waals surface area (Å²) in [5.41, 5.74) is 2.69. The fourth-order valence-electron chi connectivity index (χ4n) is 2.58. The van der Waals surface area contributed by atoms with E-state index in [-0.39, 0.29) is 0 Å². The molecule has 6 heteroatoms. The van der Waals surface area contributed by atoms with Gasteiger partial charge < -0.3 is 10.1 Å². The second kappa shape index (κ2) is 7.37. The molecule has 2 aromatic carbocycles. The number of pyridine rings is 1. The minimum atomic E-state index is 0.414. The molecule has 0 unspecified atom stereocenters. The van der Waals surface area contributed by atoms with E-state index in [0.29, 0.717) is 17.4 Å². The number of anilines is 2. The maximum atomic E-state index is 6.37. The molecule has 0 saturated carbocycles. The number of rotatable bonds is 5. The van der Waals surface area contributed by atoms with Crippen LogP contribution in [-0.4, -0.2) is 15.0 Å². The largest absolute Gasteiger partial charge is 0.487 e. The highest BCUT2D eigenvalue weighted by molar-refractivity contribution is 6.32. The third-order valence-electron chi connectivity index (χ3n) is 3.85. The van der Waals surface area contributed by atoms with E-state index in [9.17, 15) is 0 Å². The lowest BCUT2D eigenvalue weighted by atomic mass is 10.2. The van der Waals surface area contributed by atoms with Crippen molar-refractivity contribution in [2.45, 2.75) is 6.61 Å². The number of aromatic nitrogens is 3. The minimum absolute atomic E-state index is 0.414. The zero-order valence-electron chi connectivity index (χ0n) is 13.8. The summed E-state index contributed by atoms with van der Waals surface area (Å²) in [5, 5.41) is 4.76. The lowest BCUT2D eigenvalue weighted by molar-refractivity contribution is 0.306. The van der Waals surface area contributed by atoms with Gasteiger partial charge in [0.1, 0.15) is 24.5 Å². The molecule has 0 aliphatic rings. The predicted molar refractivity (Wildman–Crippen MR) is 103 cm³/mol. The van der Waals surface area contributed by atoms with Crippen molar-refractivity contribution < 1.29 is 4.74 Å². The van der Waals surface area contributed by atoms with E-state index in [4.69, 9.17) is 16.3 Å². The third-order valence-corrected chi connectivity index (χ3v) is 4.15. The first kappa shape index (κ1) is 16.3. The Kier molecular flexibility index (Phi) is 4.62. The topological polar surface area (TPSA) is 59.9 Å². The molecule has 0 saturated heterocycles. The molecule has 0 fully saturated rings. The predicted octanol–water partition coefficient (Wildman–Crippen LogP) is 5.00. The van der Waals surface area contributed by atoms with Crippen LogP contribution in [0.5, 0.6) is 5.75 Å². The molecule has 5 nitrogen and oxygen atoms in total. The third kappa shape index (κ3) is 3.58. The number of para-hydroxylation sites is 1. The van der Waals surface area contributed by atoms with Crippen molar-refractivity contribution >= 4 is 34.0 Å². The fourth-order valence-corrected chi connectivity index (χ4v) is 2.82. The van der Waals surface area contributed by atoms with Gasteiger partial charge in [-0.05, 0) is 36.4 Å². The Balaban J connectivity index is 1.52. The molecule has 0 amide bonds. The van der Waals surface area contributed by atoms with Crippen LogP contribution in [0.2, 0.25) is 5.02 Å². The summed E-state index contributed by atoms with van der Waals surface area (Å²) in [4.78, 5) is 12.7. The van der Waals surface area contributed by atoms with E-state index in [2.05, 4.69) is 20.3 Å². The number of halogens is 1. The van der Waals surface area contributed by atoms with Crippen LogP contribution >= 0.6 is 11.6 Å². The summed E-state index contributed by atoms with van der Waals surface area (Å²) < 4.78 is 5.77. The summed E-state index contributed by atoms with van der Waals surface area (Å²) in [6.07, 6.45) is 5.04. The molecule has 128 valence electrons. The molecule has 26 heavy (non-hydrogen) atoms. The monoisotopic (exact) mass is 362 g/mol. The lowest BCUT2D eigenvalue weighted by Gasteiger charge is -2.11. The Hall–Kier alpha value is -3.18. The molecule has 0 radical (unpaired) electrons. The van der Waals surface area contributed by atoms with Crippen molar-refractivity contribution in [2.24, 2.45) is 0 Å². The van der Waals surface area contributed by atoms with Crippen LogP contribution in [0.15, 0.2) is 73.3 Å². The van der Waals surface area contributed by atoms with Gasteiger partial charge in [0.25, 0.3) is 0 Å². The molecule has 0 aliphatic heterocycles. The Morgan fingerprint density at radius 3 is 2.77 bits per heavy atom. The molecule has 0 aliphatic carbocycles. The summed E-state index contributed by atoms with van der Waals surface area (Å²) in [7, 11) is 0. The van der Waals surface area contributed by atoms with E-state index in [1.54, 1.807) is 12.4 Å². The average molecular weight is 363 g/mol. The normalized spacial score (nSPS) is 10.7. The number of benzene rings is 2. The number of nitrogens with one attached hydrogen (secondary N) is 1. The van der Waals surface area contributed by atoms with Gasteiger partial charge in [0.15, 0.2) is 0 Å². The average Bonchev–Trinajstić information content (AvgIpc) is 2.68. The van der Waals surface area contributed by atoms with Crippen LogP contribution in [0.3, 0.4) is 0 Å². The highest BCUT2D eigenvalue weighted by Gasteiger charge is 2.07. The number of ether oxygens (including phenoxy) is 1. The van der Waals surface area contributed by atoms with Crippen molar-refractivity contribution in [3.05, 3.63) is 83.9 Å². The van der Waals surface area contributed by atoms with Crippen molar-refractivity contribution in [1.82, 2.24) is 15.0 Å². The molecular formula is C20H15ClN4O. The lowest BCUT2D eigenvalue weighted by Crippen LogP contribution is -1.98. The van der Waals surface area contributed by atoms with E-state index in [0.717, 1.165) is 28.0 Å². The van der Waals surface area contributed by atoms with Crippen molar-refractivity contribution in [3.63, 3.8) is 0 Å². The highest BCUT2D eigenvalue weighted by Crippen LogP contribution is 2.30. The first-order chi connectivity index (χ1) is 12.8. The van der Waals surface area contributed by atoms with Gasteiger partial charge in [-0.2, -0.15) is 0 Å². The van der Waals surface area contributed by atoms with Gasteiger partial charge in [0.2, 0.25) is 0 Å². The fraction of sp³-hybridized carbons (Fsp3) is 0.0500. The summed E-state index contributed by atoms with van der Waals surface area (Å²) in [6.45, 7) is 0.414. The molecule has 0 atom stereocenters. The van der Waals surface area contributed by atoms with E-state index in [1.807, 2.05) is 54.6 Å². The molecule has 4 rings (SSSR count). The quantitative estimate of drug-likeness (QED) is 0.541. The standard InChI is InChI=1S/C20H15ClN4O/c21-17-10-15(7-8-19(17)26-12-14-4-3-9-22-11-14)25-20-16-5-1-2-6-18(16)23-13-24-20/h1-11,13H,12H2,(H,23,24,25). The second-order valence-corrected chi connectivity index (χ2v) is 6.07. The first-order valence-corrected chi connectivity index (χ1v) is 8.45. The highest BCUT2D eigenvalue weighted by atomic mass is 35.5. The van der Waals surface area contributed by atoms with Crippen LogP contribution in [0.25, 0.3) is 10.9 Å². The van der Waals surface area contributed by atoms with Gasteiger partial charge in [0.05, 0.1) is 10.5 Å². The second-order valence-electron chi connectivity index (χ2n) is 5.66. The van der Waals surface area contributed by atoms with Gasteiger partial charge in [0, 0.05) is 29.0 Å². The molecule has 1 N–H and O–H groups in total. The van der Waals surface area contributed by atoms with Gasteiger partial charge in [-0.3, -0.25) is 4.98 Å². The molecule has 4 aromatic rings. The zero-order chi connectivity index (χ0) is 17.8. The van der Waals surface area contributed by atoms with Gasteiger partial charge in [-0.1, -0.05) is 29.8 Å². The number of hydrogen-bond donors (Lipinski definition) is 1. The van der Waals surface area contributed by atoms with Crippen LogP contribution in [0.1, 0.15) is 5.56 Å². The molecule has 2 aromatic heterocycles. The Morgan fingerprint density at radius 2 is 1.92 bits per heavy atom. The van der Waals surface area contributed by atoms with Crippen molar-refractivity contribution in [3.8, 4) is 5.75 Å². The van der Waals surface area contributed by atoms with Crippen LogP contribution in [-0.2, 0) is 6.61 Å². The Labute approximate surface area is 155 Å². The number of fused-ring (bicyclic) bond motifs is 1. The van der Waals surface area contributed by atoms with E-state index < -0.39 is 0 Å². The summed E-state index contributed by atoms with van der Waals surface area (Å²) in [6, 6.07) is 17.2. The van der Waals surface area contributed by atoms with Gasteiger partial charge >= 0.3 is 0 Å². The van der Waals surface area contributed by atoms with Crippen LogP contribution in [0.4, 0.5) is 11.5 Å². The maximum Gasteiger partial charge on any atom is 0.141 e. The van der Waals surface area contributed by atoms with Crippen LogP contribution in [0, 0.1) is 0 Å². The Morgan fingerprint density at radius 1 is 1.00 bits per heavy atom. The van der Waals surface area contributed by atoms with Crippen molar-refractivity contribution in [2.75, 3.05) is 5.32 Å². The molecule has 2 heterocycles. The van der Waals surface area contributed by atoms with E-state index >= 15 is 0 Å². The smallest absolute Gasteiger partial charge is 0.141 e. The van der Waals surface area contributed by atoms with Gasteiger partial charge in [-0.15, -0.1) is 0 Å². The minimum Gasteiger partial charge on any atom is -0.487 e. The maximum absolute atomic E-state index is 6.37. The summed E-state index contributed by atoms with van der Waals surface area (Å²) in [5.74, 6) is 1.35. The zero-order valence-corrected chi connectivity index (χ0v) is 14.5. The van der Waals surface area contributed by atoms with Crippen molar-refractivity contribution in [1.29, 1.82) is 0 Å². The SMILES string of the molecule is Clc1cc(Nc2ncnc3ccccc23)ccc1OCc1cccnc1. The number of nitrogens with zero attached hydrogens (tertiary/aromatic N) is 3. The molecule has 0 bridgehead atoms. The van der Waals surface area contributed by atoms with Gasteiger partial charge in [-0.25, -0.2) is 9.97 Å². The van der Waals surface area contributed by atoms with E-state index in [1.165, 1.54) is 6.33 Å². The Bertz CT molecular complexity index is 1030. The summed E-state index contributed by atoms with van der Waals surface area (Å²) >= 11 is 6.37. The molecular weight excluding hydrogens is 348 g/mol. The van der Waals surface area contributed by atoms with Crippen LogP contribution < -0.4 is 10.1 Å².